The van der Waals surface area contributed by atoms with Gasteiger partial charge in [0.2, 0.25) is 0 Å². The van der Waals surface area contributed by atoms with Gasteiger partial charge in [-0.1, -0.05) is 0 Å². The summed E-state index contributed by atoms with van der Waals surface area (Å²) in [7, 11) is 0. The van der Waals surface area contributed by atoms with Crippen LogP contribution in [0.25, 0.3) is 0 Å². The fraction of sp³-hybridized carbons (Fsp3) is 0.600. The van der Waals surface area contributed by atoms with Crippen LogP contribution in [0, 0.1) is 13.8 Å². The second kappa shape index (κ2) is 3.76. The predicted molar refractivity (Wildman–Crippen MR) is 52.2 cm³/mol. The van der Waals surface area contributed by atoms with Crippen LogP contribution < -0.4 is 5.73 Å². The van der Waals surface area contributed by atoms with E-state index in [0.717, 1.165) is 12.8 Å². The molecule has 1 aromatic heterocycles. The minimum absolute atomic E-state index is 0.305. The van der Waals surface area contributed by atoms with Gasteiger partial charge >= 0.3 is 0 Å². The standard InChI is InChI=1S/C10H18N2/c1-7(11)4-5-10-6-8(2)12-9(10)3/h6-7,12H,4-5,11H2,1-3H3/t7-/m1/s1. The van der Waals surface area contributed by atoms with E-state index in [1.54, 1.807) is 0 Å². The van der Waals surface area contributed by atoms with Crippen molar-refractivity contribution < 1.29 is 0 Å². The number of aromatic amines is 1. The summed E-state index contributed by atoms with van der Waals surface area (Å²) in [6, 6.07) is 2.51. The van der Waals surface area contributed by atoms with Gasteiger partial charge < -0.3 is 10.7 Å². The van der Waals surface area contributed by atoms with E-state index >= 15 is 0 Å². The van der Waals surface area contributed by atoms with Crippen molar-refractivity contribution >= 4 is 0 Å². The number of nitrogens with one attached hydrogen (secondary N) is 1. The summed E-state index contributed by atoms with van der Waals surface area (Å²) in [5, 5.41) is 0. The van der Waals surface area contributed by atoms with Crippen LogP contribution in [0.5, 0.6) is 0 Å². The summed E-state index contributed by atoms with van der Waals surface area (Å²) < 4.78 is 0. The molecule has 0 aliphatic rings. The van der Waals surface area contributed by atoms with Crippen LogP contribution in [0.15, 0.2) is 6.07 Å². The molecule has 0 saturated carbocycles. The van der Waals surface area contributed by atoms with Crippen molar-refractivity contribution in [3.8, 4) is 0 Å². The quantitative estimate of drug-likeness (QED) is 0.707. The highest BCUT2D eigenvalue weighted by Crippen LogP contribution is 2.11. The summed E-state index contributed by atoms with van der Waals surface area (Å²) >= 11 is 0. The molecule has 0 radical (unpaired) electrons. The minimum atomic E-state index is 0.305. The average Bonchev–Trinajstić information content (AvgIpc) is 2.26. The third-order valence-electron chi connectivity index (χ3n) is 2.13. The van der Waals surface area contributed by atoms with Gasteiger partial charge in [0.1, 0.15) is 0 Å². The lowest BCUT2D eigenvalue weighted by Crippen LogP contribution is -2.15. The summed E-state index contributed by atoms with van der Waals surface area (Å²) in [4.78, 5) is 3.29. The van der Waals surface area contributed by atoms with Crippen LogP contribution >= 0.6 is 0 Å². The van der Waals surface area contributed by atoms with Crippen LogP contribution in [0.4, 0.5) is 0 Å². The smallest absolute Gasteiger partial charge is 0.0150 e. The van der Waals surface area contributed by atoms with Crippen LogP contribution in [0.2, 0.25) is 0 Å². The highest BCUT2D eigenvalue weighted by Gasteiger charge is 2.02. The van der Waals surface area contributed by atoms with Crippen molar-refractivity contribution in [1.82, 2.24) is 4.98 Å². The van der Waals surface area contributed by atoms with Crippen LogP contribution in [0.3, 0.4) is 0 Å². The summed E-state index contributed by atoms with van der Waals surface area (Å²) in [5.74, 6) is 0. The summed E-state index contributed by atoms with van der Waals surface area (Å²) in [6.45, 7) is 6.25. The lowest BCUT2D eigenvalue weighted by Gasteiger charge is -2.03. The minimum Gasteiger partial charge on any atom is -0.362 e. The van der Waals surface area contributed by atoms with E-state index in [1.165, 1.54) is 17.0 Å². The molecule has 0 fully saturated rings. The predicted octanol–water partition coefficient (Wildman–Crippen LogP) is 1.91. The number of hydrogen-bond acceptors (Lipinski definition) is 1. The average molecular weight is 166 g/mol. The van der Waals surface area contributed by atoms with E-state index in [2.05, 4.69) is 31.8 Å². The van der Waals surface area contributed by atoms with Crippen molar-refractivity contribution in [1.29, 1.82) is 0 Å². The molecule has 0 spiro atoms. The third kappa shape index (κ3) is 2.38. The molecular formula is C10H18N2. The Balaban J connectivity index is 2.57. The Morgan fingerprint density at radius 3 is 2.58 bits per heavy atom. The van der Waals surface area contributed by atoms with Crippen molar-refractivity contribution in [2.45, 2.75) is 39.7 Å². The van der Waals surface area contributed by atoms with Gasteiger partial charge in [-0.05, 0) is 45.2 Å². The number of aryl methyl sites for hydroxylation is 3. The lowest BCUT2D eigenvalue weighted by molar-refractivity contribution is 0.665. The van der Waals surface area contributed by atoms with E-state index in [0.29, 0.717) is 6.04 Å². The van der Waals surface area contributed by atoms with E-state index in [4.69, 9.17) is 5.73 Å². The van der Waals surface area contributed by atoms with Gasteiger partial charge in [0, 0.05) is 17.4 Å². The number of H-pyrrole nitrogens is 1. The van der Waals surface area contributed by atoms with E-state index in [-0.39, 0.29) is 0 Å². The number of hydrogen-bond donors (Lipinski definition) is 2. The Morgan fingerprint density at radius 1 is 1.50 bits per heavy atom. The first kappa shape index (κ1) is 9.33. The summed E-state index contributed by atoms with van der Waals surface area (Å²) in [5.41, 5.74) is 9.62. The Kier molecular flexibility index (Phi) is 2.93. The SMILES string of the molecule is Cc1cc(CC[C@@H](C)N)c(C)[nH]1. The zero-order chi connectivity index (χ0) is 9.14. The Hall–Kier alpha value is -0.760. The Morgan fingerprint density at radius 2 is 2.17 bits per heavy atom. The fourth-order valence-electron chi connectivity index (χ4n) is 1.42. The van der Waals surface area contributed by atoms with Gasteiger partial charge in [-0.25, -0.2) is 0 Å². The molecule has 0 saturated heterocycles. The second-order valence-electron chi connectivity index (χ2n) is 3.62. The zero-order valence-corrected chi connectivity index (χ0v) is 8.15. The van der Waals surface area contributed by atoms with Crippen molar-refractivity contribution in [2.24, 2.45) is 5.73 Å². The van der Waals surface area contributed by atoms with Gasteiger partial charge in [0.25, 0.3) is 0 Å². The van der Waals surface area contributed by atoms with Crippen LogP contribution in [-0.4, -0.2) is 11.0 Å². The van der Waals surface area contributed by atoms with Crippen molar-refractivity contribution in [2.75, 3.05) is 0 Å². The molecule has 68 valence electrons. The molecule has 0 bridgehead atoms. The van der Waals surface area contributed by atoms with Gasteiger partial charge in [-0.15, -0.1) is 0 Å². The Bertz CT molecular complexity index is 248. The monoisotopic (exact) mass is 166 g/mol. The van der Waals surface area contributed by atoms with Crippen LogP contribution in [-0.2, 0) is 6.42 Å². The lowest BCUT2D eigenvalue weighted by atomic mass is 10.1. The molecule has 1 aromatic rings. The molecule has 0 aromatic carbocycles. The maximum absolute atomic E-state index is 5.69. The first-order valence-electron chi connectivity index (χ1n) is 4.50. The van der Waals surface area contributed by atoms with E-state index in [9.17, 15) is 0 Å². The second-order valence-corrected chi connectivity index (χ2v) is 3.62. The van der Waals surface area contributed by atoms with Gasteiger partial charge in [0.15, 0.2) is 0 Å². The van der Waals surface area contributed by atoms with E-state index in [1.807, 2.05) is 0 Å². The van der Waals surface area contributed by atoms with Crippen LogP contribution in [0.1, 0.15) is 30.3 Å². The molecule has 0 aliphatic carbocycles. The molecule has 1 rings (SSSR count). The zero-order valence-electron chi connectivity index (χ0n) is 8.15. The first-order valence-corrected chi connectivity index (χ1v) is 4.50. The number of aromatic nitrogens is 1. The summed E-state index contributed by atoms with van der Waals surface area (Å²) in [6.07, 6.45) is 2.16. The largest absolute Gasteiger partial charge is 0.362 e. The Labute approximate surface area is 74.2 Å². The highest BCUT2D eigenvalue weighted by atomic mass is 14.7. The number of nitrogens with two attached hydrogens (primary N) is 1. The highest BCUT2D eigenvalue weighted by molar-refractivity contribution is 5.24. The van der Waals surface area contributed by atoms with Gasteiger partial charge in [-0.3, -0.25) is 0 Å². The molecule has 0 unspecified atom stereocenters. The molecule has 1 heterocycles. The molecule has 0 amide bonds. The van der Waals surface area contributed by atoms with Gasteiger partial charge in [0.05, 0.1) is 0 Å². The molecule has 2 nitrogen and oxygen atoms in total. The first-order chi connectivity index (χ1) is 5.59. The van der Waals surface area contributed by atoms with Crippen molar-refractivity contribution in [3.05, 3.63) is 23.0 Å². The maximum Gasteiger partial charge on any atom is 0.0150 e. The van der Waals surface area contributed by atoms with Crippen molar-refractivity contribution in [3.63, 3.8) is 0 Å². The van der Waals surface area contributed by atoms with E-state index < -0.39 is 0 Å². The normalized spacial score (nSPS) is 13.3. The molecule has 2 heteroatoms. The molecule has 12 heavy (non-hydrogen) atoms. The number of rotatable bonds is 3. The molecular weight excluding hydrogens is 148 g/mol. The molecule has 1 atom stereocenters. The third-order valence-corrected chi connectivity index (χ3v) is 2.13. The van der Waals surface area contributed by atoms with Gasteiger partial charge in [-0.2, -0.15) is 0 Å². The fourth-order valence-corrected chi connectivity index (χ4v) is 1.42. The molecule has 3 N–H and O–H groups in total. The molecule has 0 aliphatic heterocycles. The maximum atomic E-state index is 5.69. The topological polar surface area (TPSA) is 41.8 Å².